The summed E-state index contributed by atoms with van der Waals surface area (Å²) in [5.41, 5.74) is 7.09. The first-order valence-electron chi connectivity index (χ1n) is 6.41. The van der Waals surface area contributed by atoms with Gasteiger partial charge >= 0.3 is 0 Å². The molecule has 1 fully saturated rings. The SMILES string of the molecule is COc1cc(C(N)CC2CCCCC2)ncn1. The monoisotopic (exact) mass is 235 g/mol. The van der Waals surface area contributed by atoms with Crippen LogP contribution in [0.25, 0.3) is 0 Å². The second kappa shape index (κ2) is 5.96. The average molecular weight is 235 g/mol. The van der Waals surface area contributed by atoms with Gasteiger partial charge in [0, 0.05) is 12.1 Å². The van der Waals surface area contributed by atoms with E-state index in [1.165, 1.54) is 38.4 Å². The summed E-state index contributed by atoms with van der Waals surface area (Å²) in [7, 11) is 1.61. The molecule has 1 aliphatic carbocycles. The number of ether oxygens (including phenoxy) is 1. The molecule has 1 heterocycles. The number of hydrogen-bond acceptors (Lipinski definition) is 4. The predicted octanol–water partition coefficient (Wildman–Crippen LogP) is 2.46. The lowest BCUT2D eigenvalue weighted by atomic mass is 9.84. The topological polar surface area (TPSA) is 61.0 Å². The van der Waals surface area contributed by atoms with Gasteiger partial charge in [0.05, 0.1) is 12.8 Å². The molecule has 0 spiro atoms. The van der Waals surface area contributed by atoms with Crippen LogP contribution in [-0.4, -0.2) is 17.1 Å². The molecule has 0 amide bonds. The van der Waals surface area contributed by atoms with Crippen LogP contribution >= 0.6 is 0 Å². The van der Waals surface area contributed by atoms with Crippen molar-refractivity contribution < 1.29 is 4.74 Å². The van der Waals surface area contributed by atoms with E-state index in [1.54, 1.807) is 7.11 Å². The Kier molecular flexibility index (Phi) is 4.31. The van der Waals surface area contributed by atoms with Crippen LogP contribution in [0.15, 0.2) is 12.4 Å². The highest BCUT2D eigenvalue weighted by molar-refractivity contribution is 5.16. The third-order valence-electron chi connectivity index (χ3n) is 3.56. The molecule has 0 aliphatic heterocycles. The minimum absolute atomic E-state index is 0.00926. The fourth-order valence-corrected chi connectivity index (χ4v) is 2.57. The van der Waals surface area contributed by atoms with Crippen LogP contribution in [0.3, 0.4) is 0 Å². The van der Waals surface area contributed by atoms with E-state index < -0.39 is 0 Å². The number of hydrogen-bond donors (Lipinski definition) is 1. The summed E-state index contributed by atoms with van der Waals surface area (Å²) in [6.45, 7) is 0. The highest BCUT2D eigenvalue weighted by Crippen LogP contribution is 2.30. The quantitative estimate of drug-likeness (QED) is 0.870. The zero-order valence-corrected chi connectivity index (χ0v) is 10.4. The largest absolute Gasteiger partial charge is 0.481 e. The Hall–Kier alpha value is -1.16. The summed E-state index contributed by atoms with van der Waals surface area (Å²) >= 11 is 0. The fourth-order valence-electron chi connectivity index (χ4n) is 2.57. The van der Waals surface area contributed by atoms with Gasteiger partial charge in [-0.2, -0.15) is 0 Å². The second-order valence-corrected chi connectivity index (χ2v) is 4.83. The molecule has 0 saturated heterocycles. The predicted molar refractivity (Wildman–Crippen MR) is 66.7 cm³/mol. The average Bonchev–Trinajstić information content (AvgIpc) is 2.40. The van der Waals surface area contributed by atoms with E-state index in [9.17, 15) is 0 Å². The van der Waals surface area contributed by atoms with E-state index in [2.05, 4.69) is 9.97 Å². The van der Waals surface area contributed by atoms with Gasteiger partial charge < -0.3 is 10.5 Å². The van der Waals surface area contributed by atoms with Gasteiger partial charge in [-0.1, -0.05) is 32.1 Å². The fraction of sp³-hybridized carbons (Fsp3) is 0.692. The first-order chi connectivity index (χ1) is 8.29. The van der Waals surface area contributed by atoms with Gasteiger partial charge in [0.25, 0.3) is 0 Å². The summed E-state index contributed by atoms with van der Waals surface area (Å²) < 4.78 is 5.09. The van der Waals surface area contributed by atoms with Gasteiger partial charge in [-0.05, 0) is 12.3 Å². The molecule has 1 saturated carbocycles. The summed E-state index contributed by atoms with van der Waals surface area (Å²) in [5.74, 6) is 1.36. The highest BCUT2D eigenvalue weighted by Gasteiger charge is 2.18. The molecule has 1 atom stereocenters. The van der Waals surface area contributed by atoms with Gasteiger partial charge in [0.15, 0.2) is 0 Å². The molecule has 17 heavy (non-hydrogen) atoms. The lowest BCUT2D eigenvalue weighted by molar-refractivity contribution is 0.316. The van der Waals surface area contributed by atoms with Crippen LogP contribution in [-0.2, 0) is 0 Å². The number of rotatable bonds is 4. The molecule has 0 radical (unpaired) electrons. The van der Waals surface area contributed by atoms with Crippen molar-refractivity contribution in [3.8, 4) is 5.88 Å². The smallest absolute Gasteiger partial charge is 0.216 e. The van der Waals surface area contributed by atoms with E-state index in [4.69, 9.17) is 10.5 Å². The Labute approximate surface area is 103 Å². The van der Waals surface area contributed by atoms with E-state index in [-0.39, 0.29) is 6.04 Å². The number of aromatic nitrogens is 2. The van der Waals surface area contributed by atoms with Crippen molar-refractivity contribution in [2.45, 2.75) is 44.6 Å². The van der Waals surface area contributed by atoms with Gasteiger partial charge in [-0.15, -0.1) is 0 Å². The van der Waals surface area contributed by atoms with E-state index >= 15 is 0 Å². The molecule has 4 heteroatoms. The second-order valence-electron chi connectivity index (χ2n) is 4.83. The molecular weight excluding hydrogens is 214 g/mol. The van der Waals surface area contributed by atoms with Crippen LogP contribution < -0.4 is 10.5 Å². The molecule has 1 unspecified atom stereocenters. The van der Waals surface area contributed by atoms with Crippen molar-refractivity contribution in [2.75, 3.05) is 7.11 Å². The molecule has 1 aromatic rings. The van der Waals surface area contributed by atoms with Crippen molar-refractivity contribution in [2.24, 2.45) is 11.7 Å². The van der Waals surface area contributed by atoms with Crippen LogP contribution in [0.4, 0.5) is 0 Å². The Morgan fingerprint density at radius 3 is 2.82 bits per heavy atom. The van der Waals surface area contributed by atoms with E-state index in [0.29, 0.717) is 5.88 Å². The number of nitrogens with zero attached hydrogens (tertiary/aromatic N) is 2. The van der Waals surface area contributed by atoms with Crippen molar-refractivity contribution in [3.05, 3.63) is 18.1 Å². The number of nitrogens with two attached hydrogens (primary N) is 1. The first-order valence-corrected chi connectivity index (χ1v) is 6.41. The Morgan fingerprint density at radius 1 is 1.35 bits per heavy atom. The van der Waals surface area contributed by atoms with Crippen LogP contribution in [0.5, 0.6) is 5.88 Å². The molecule has 1 aromatic heterocycles. The van der Waals surface area contributed by atoms with Gasteiger partial charge in [-0.25, -0.2) is 9.97 Å². The molecule has 0 bridgehead atoms. The maximum atomic E-state index is 6.20. The summed E-state index contributed by atoms with van der Waals surface area (Å²) in [4.78, 5) is 8.23. The Morgan fingerprint density at radius 2 is 2.12 bits per heavy atom. The Balaban J connectivity index is 1.95. The summed E-state index contributed by atoms with van der Waals surface area (Å²) in [5, 5.41) is 0. The minimum Gasteiger partial charge on any atom is -0.481 e. The lowest BCUT2D eigenvalue weighted by Crippen LogP contribution is -2.18. The van der Waals surface area contributed by atoms with Crippen molar-refractivity contribution in [1.82, 2.24) is 9.97 Å². The van der Waals surface area contributed by atoms with Crippen LogP contribution in [0.2, 0.25) is 0 Å². The molecule has 2 N–H and O–H groups in total. The lowest BCUT2D eigenvalue weighted by Gasteiger charge is -2.24. The Bertz CT molecular complexity index is 350. The van der Waals surface area contributed by atoms with Crippen molar-refractivity contribution >= 4 is 0 Å². The van der Waals surface area contributed by atoms with Crippen molar-refractivity contribution in [3.63, 3.8) is 0 Å². The van der Waals surface area contributed by atoms with Crippen LogP contribution in [0, 0.1) is 5.92 Å². The molecule has 0 aromatic carbocycles. The van der Waals surface area contributed by atoms with E-state index in [1.807, 2.05) is 6.07 Å². The molecule has 1 aliphatic rings. The van der Waals surface area contributed by atoms with Crippen LogP contribution in [0.1, 0.15) is 50.3 Å². The molecule has 4 nitrogen and oxygen atoms in total. The normalized spacial score (nSPS) is 18.9. The summed E-state index contributed by atoms with van der Waals surface area (Å²) in [6, 6.07) is 1.85. The van der Waals surface area contributed by atoms with Gasteiger partial charge in [0.2, 0.25) is 5.88 Å². The maximum Gasteiger partial charge on any atom is 0.216 e. The third-order valence-corrected chi connectivity index (χ3v) is 3.56. The number of methoxy groups -OCH3 is 1. The van der Waals surface area contributed by atoms with Crippen molar-refractivity contribution in [1.29, 1.82) is 0 Å². The zero-order valence-electron chi connectivity index (χ0n) is 10.4. The van der Waals surface area contributed by atoms with Gasteiger partial charge in [0.1, 0.15) is 6.33 Å². The molecular formula is C13H21N3O. The zero-order chi connectivity index (χ0) is 12.1. The standard InChI is InChI=1S/C13H21N3O/c1-17-13-8-12(15-9-16-13)11(14)7-10-5-3-2-4-6-10/h8-11H,2-7,14H2,1H3. The minimum atomic E-state index is 0.00926. The maximum absolute atomic E-state index is 6.20. The summed E-state index contributed by atoms with van der Waals surface area (Å²) in [6.07, 6.45) is 9.27. The molecule has 2 rings (SSSR count). The van der Waals surface area contributed by atoms with Gasteiger partial charge in [-0.3, -0.25) is 0 Å². The third kappa shape index (κ3) is 3.40. The van der Waals surface area contributed by atoms with E-state index in [0.717, 1.165) is 18.0 Å². The molecule has 94 valence electrons. The first kappa shape index (κ1) is 12.3. The highest BCUT2D eigenvalue weighted by atomic mass is 16.5.